The number of benzene rings is 1. The lowest BCUT2D eigenvalue weighted by atomic mass is 10.2. The molecule has 1 aromatic carbocycles. The van der Waals surface area contributed by atoms with Crippen molar-refractivity contribution in [1.82, 2.24) is 0 Å². The number of rotatable bonds is 4. The SMILES string of the molecule is O=CC[C@@H]1C[C@@H]1/C=C/c1ccccc1. The van der Waals surface area contributed by atoms with Crippen LogP contribution in [0.2, 0.25) is 0 Å². The molecule has 1 aliphatic rings. The fourth-order valence-corrected chi connectivity index (χ4v) is 1.70. The second kappa shape index (κ2) is 4.23. The number of hydrogen-bond acceptors (Lipinski definition) is 1. The van der Waals surface area contributed by atoms with Crippen molar-refractivity contribution in [3.8, 4) is 0 Å². The molecule has 0 bridgehead atoms. The van der Waals surface area contributed by atoms with Crippen molar-refractivity contribution in [2.24, 2.45) is 11.8 Å². The predicted octanol–water partition coefficient (Wildman–Crippen LogP) is 2.92. The molecule has 1 aromatic rings. The third-order valence-corrected chi connectivity index (χ3v) is 2.71. The number of carbonyl (C=O) groups is 1. The lowest BCUT2D eigenvalue weighted by molar-refractivity contribution is -0.108. The summed E-state index contributed by atoms with van der Waals surface area (Å²) in [5.41, 5.74) is 1.24. The lowest BCUT2D eigenvalue weighted by Gasteiger charge is -1.90. The van der Waals surface area contributed by atoms with Gasteiger partial charge in [-0.2, -0.15) is 0 Å². The van der Waals surface area contributed by atoms with Crippen molar-refractivity contribution in [2.75, 3.05) is 0 Å². The molecule has 0 aromatic heterocycles. The Kier molecular flexibility index (Phi) is 2.78. The minimum absolute atomic E-state index is 0.618. The maximum Gasteiger partial charge on any atom is 0.120 e. The van der Waals surface area contributed by atoms with Gasteiger partial charge in [-0.15, -0.1) is 0 Å². The van der Waals surface area contributed by atoms with Gasteiger partial charge in [-0.05, 0) is 23.8 Å². The van der Waals surface area contributed by atoms with Crippen molar-refractivity contribution in [1.29, 1.82) is 0 Å². The van der Waals surface area contributed by atoms with Crippen LogP contribution in [0.15, 0.2) is 36.4 Å². The zero-order valence-electron chi connectivity index (χ0n) is 8.10. The zero-order valence-corrected chi connectivity index (χ0v) is 8.10. The molecule has 2 rings (SSSR count). The molecule has 0 unspecified atom stereocenters. The number of allylic oxidation sites excluding steroid dienone is 1. The topological polar surface area (TPSA) is 17.1 Å². The molecule has 0 heterocycles. The van der Waals surface area contributed by atoms with Crippen LogP contribution in [0.25, 0.3) is 6.08 Å². The highest BCUT2D eigenvalue weighted by molar-refractivity contribution is 5.53. The van der Waals surface area contributed by atoms with E-state index in [0.29, 0.717) is 11.8 Å². The van der Waals surface area contributed by atoms with E-state index in [0.717, 1.165) is 12.7 Å². The summed E-state index contributed by atoms with van der Waals surface area (Å²) in [5.74, 6) is 1.26. The first-order valence-electron chi connectivity index (χ1n) is 5.07. The summed E-state index contributed by atoms with van der Waals surface area (Å²) in [5, 5.41) is 0. The maximum atomic E-state index is 10.3. The summed E-state index contributed by atoms with van der Waals surface area (Å²) < 4.78 is 0. The molecule has 2 atom stereocenters. The van der Waals surface area contributed by atoms with Crippen molar-refractivity contribution in [3.63, 3.8) is 0 Å². The predicted molar refractivity (Wildman–Crippen MR) is 57.8 cm³/mol. The van der Waals surface area contributed by atoms with E-state index in [4.69, 9.17) is 0 Å². The minimum atomic E-state index is 0.618. The molecule has 14 heavy (non-hydrogen) atoms. The molecular weight excluding hydrogens is 172 g/mol. The Morgan fingerprint density at radius 1 is 1.29 bits per heavy atom. The molecule has 0 amide bonds. The van der Waals surface area contributed by atoms with E-state index in [2.05, 4.69) is 24.3 Å². The van der Waals surface area contributed by atoms with Gasteiger partial charge in [0.1, 0.15) is 6.29 Å². The van der Waals surface area contributed by atoms with Crippen molar-refractivity contribution < 1.29 is 4.79 Å². The van der Waals surface area contributed by atoms with E-state index in [1.807, 2.05) is 18.2 Å². The fourth-order valence-electron chi connectivity index (χ4n) is 1.70. The van der Waals surface area contributed by atoms with Gasteiger partial charge in [-0.1, -0.05) is 42.5 Å². The van der Waals surface area contributed by atoms with Crippen LogP contribution < -0.4 is 0 Å². The maximum absolute atomic E-state index is 10.3. The summed E-state index contributed by atoms with van der Waals surface area (Å²) in [6.45, 7) is 0. The molecule has 0 aliphatic heterocycles. The van der Waals surface area contributed by atoms with Crippen LogP contribution in [0.1, 0.15) is 18.4 Å². The molecule has 1 nitrogen and oxygen atoms in total. The highest BCUT2D eigenvalue weighted by Crippen LogP contribution is 2.41. The van der Waals surface area contributed by atoms with Gasteiger partial charge in [-0.3, -0.25) is 0 Å². The normalized spacial score (nSPS) is 25.1. The van der Waals surface area contributed by atoms with Crippen LogP contribution in [-0.4, -0.2) is 6.29 Å². The molecule has 0 radical (unpaired) electrons. The molecule has 72 valence electrons. The Morgan fingerprint density at radius 3 is 2.79 bits per heavy atom. The Balaban J connectivity index is 1.87. The van der Waals surface area contributed by atoms with Gasteiger partial charge in [0.05, 0.1) is 0 Å². The monoisotopic (exact) mass is 186 g/mol. The second-order valence-corrected chi connectivity index (χ2v) is 3.83. The van der Waals surface area contributed by atoms with Crippen LogP contribution in [0.4, 0.5) is 0 Å². The van der Waals surface area contributed by atoms with Gasteiger partial charge >= 0.3 is 0 Å². The van der Waals surface area contributed by atoms with E-state index in [1.165, 1.54) is 12.0 Å². The Hall–Kier alpha value is -1.37. The van der Waals surface area contributed by atoms with Gasteiger partial charge in [0, 0.05) is 6.42 Å². The summed E-state index contributed by atoms with van der Waals surface area (Å²) in [7, 11) is 0. The van der Waals surface area contributed by atoms with Crippen molar-refractivity contribution >= 4 is 12.4 Å². The number of hydrogen-bond donors (Lipinski definition) is 0. The van der Waals surface area contributed by atoms with E-state index < -0.39 is 0 Å². The first-order chi connectivity index (χ1) is 6.90. The smallest absolute Gasteiger partial charge is 0.120 e. The van der Waals surface area contributed by atoms with Gasteiger partial charge < -0.3 is 4.79 Å². The summed E-state index contributed by atoms with van der Waals surface area (Å²) in [6.07, 6.45) is 7.31. The average Bonchev–Trinajstić information content (AvgIpc) is 2.96. The minimum Gasteiger partial charge on any atom is -0.303 e. The van der Waals surface area contributed by atoms with Crippen LogP contribution in [0.3, 0.4) is 0 Å². The molecule has 1 aliphatic carbocycles. The molecule has 1 fully saturated rings. The van der Waals surface area contributed by atoms with Crippen LogP contribution in [0.5, 0.6) is 0 Å². The third-order valence-electron chi connectivity index (χ3n) is 2.71. The standard InChI is InChI=1S/C13H14O/c14-9-8-13-10-12(13)7-6-11-4-2-1-3-5-11/h1-7,9,12-13H,8,10H2/b7-6+/t12-,13+/m0/s1. The first kappa shape index (κ1) is 9.20. The van der Waals surface area contributed by atoms with E-state index in [9.17, 15) is 4.79 Å². The summed E-state index contributed by atoms with van der Waals surface area (Å²) >= 11 is 0. The largest absolute Gasteiger partial charge is 0.303 e. The van der Waals surface area contributed by atoms with Crippen LogP contribution in [-0.2, 0) is 4.79 Å². The molecule has 1 heteroatoms. The highest BCUT2D eigenvalue weighted by atomic mass is 16.1. The van der Waals surface area contributed by atoms with E-state index in [1.54, 1.807) is 0 Å². The average molecular weight is 186 g/mol. The zero-order chi connectivity index (χ0) is 9.80. The Bertz CT molecular complexity index is 326. The molecular formula is C13H14O. The van der Waals surface area contributed by atoms with E-state index in [-0.39, 0.29) is 0 Å². The van der Waals surface area contributed by atoms with Gasteiger partial charge in [0.15, 0.2) is 0 Å². The Labute approximate surface area is 84.5 Å². The summed E-state index contributed by atoms with van der Waals surface area (Å²) in [6, 6.07) is 10.3. The van der Waals surface area contributed by atoms with Crippen LogP contribution in [0, 0.1) is 11.8 Å². The van der Waals surface area contributed by atoms with E-state index >= 15 is 0 Å². The summed E-state index contributed by atoms with van der Waals surface area (Å²) in [4.78, 5) is 10.3. The van der Waals surface area contributed by atoms with Gasteiger partial charge in [0.25, 0.3) is 0 Å². The lowest BCUT2D eigenvalue weighted by Crippen LogP contribution is -1.80. The molecule has 0 saturated heterocycles. The molecule has 1 saturated carbocycles. The fraction of sp³-hybridized carbons (Fsp3) is 0.308. The van der Waals surface area contributed by atoms with Crippen molar-refractivity contribution in [3.05, 3.63) is 42.0 Å². The van der Waals surface area contributed by atoms with Crippen molar-refractivity contribution in [2.45, 2.75) is 12.8 Å². The number of aldehydes is 1. The Morgan fingerprint density at radius 2 is 2.07 bits per heavy atom. The quantitative estimate of drug-likeness (QED) is 0.661. The van der Waals surface area contributed by atoms with Gasteiger partial charge in [0.2, 0.25) is 0 Å². The van der Waals surface area contributed by atoms with Crippen LogP contribution >= 0.6 is 0 Å². The highest BCUT2D eigenvalue weighted by Gasteiger charge is 2.33. The second-order valence-electron chi connectivity index (χ2n) is 3.83. The van der Waals surface area contributed by atoms with Gasteiger partial charge in [-0.25, -0.2) is 0 Å². The molecule has 0 spiro atoms. The number of carbonyl (C=O) groups excluding carboxylic acids is 1. The third kappa shape index (κ3) is 2.32. The molecule has 0 N–H and O–H groups in total. The first-order valence-corrected chi connectivity index (χ1v) is 5.07.